The molecule has 0 aromatic heterocycles. The predicted octanol–water partition coefficient (Wildman–Crippen LogP) is -0.145. The van der Waals surface area contributed by atoms with Crippen LogP contribution in [0.25, 0.3) is 0 Å². The molecule has 0 aliphatic carbocycles. The van der Waals surface area contributed by atoms with E-state index in [1.807, 2.05) is 0 Å². The first-order valence-corrected chi connectivity index (χ1v) is 2.10. The maximum Gasteiger partial charge on any atom is 0.290 e. The Hall–Kier alpha value is -1.03. The Morgan fingerprint density at radius 2 is 2.38 bits per heavy atom. The van der Waals surface area contributed by atoms with E-state index < -0.39 is 5.91 Å². The van der Waals surface area contributed by atoms with Crippen molar-refractivity contribution >= 4 is 5.91 Å². The molecule has 42 valence electrons. The third kappa shape index (κ3) is 0.788. The fourth-order valence-corrected chi connectivity index (χ4v) is 0.391. The molecule has 1 rings (SSSR count). The van der Waals surface area contributed by atoms with Gasteiger partial charge in [0.2, 0.25) is 0 Å². The first kappa shape index (κ1) is 5.11. The van der Waals surface area contributed by atoms with E-state index in [1.54, 1.807) is 0 Å². The first-order valence-electron chi connectivity index (χ1n) is 2.10. The van der Waals surface area contributed by atoms with Crippen LogP contribution >= 0.6 is 0 Å². The summed E-state index contributed by atoms with van der Waals surface area (Å²) in [5.74, 6) is -0.394. The molecule has 0 saturated carbocycles. The minimum atomic E-state index is -0.394. The molecule has 8 heavy (non-hydrogen) atoms. The summed E-state index contributed by atoms with van der Waals surface area (Å²) in [6.07, 6.45) is 1.19. The monoisotopic (exact) mass is 112 g/mol. The Kier molecular flexibility index (Phi) is 1.17. The van der Waals surface area contributed by atoms with Crippen molar-refractivity contribution in [3.05, 3.63) is 11.8 Å². The summed E-state index contributed by atoms with van der Waals surface area (Å²) in [7, 11) is 0. The molecular weight excluding hydrogens is 108 g/mol. The zero-order chi connectivity index (χ0) is 5.98. The summed E-state index contributed by atoms with van der Waals surface area (Å²) in [6, 6.07) is 0. The van der Waals surface area contributed by atoms with Crippen LogP contribution in [0, 0.1) is 0 Å². The number of carbonyl (C=O) groups excluding carboxylic acids is 1. The molecule has 0 bridgehead atoms. The number of hydrogen-bond donors (Lipinski definition) is 1. The Balaban J connectivity index is 2.72. The van der Waals surface area contributed by atoms with Crippen LogP contribution in [0.1, 0.15) is 0 Å². The molecule has 0 saturated heterocycles. The lowest BCUT2D eigenvalue weighted by molar-refractivity contribution is -0.113. The lowest BCUT2D eigenvalue weighted by Crippen LogP contribution is -1.83. The van der Waals surface area contributed by atoms with E-state index in [9.17, 15) is 4.79 Å². The van der Waals surface area contributed by atoms with Crippen molar-refractivity contribution in [2.75, 3.05) is 6.61 Å². The van der Waals surface area contributed by atoms with E-state index in [-0.39, 0.29) is 6.61 Å². The highest BCUT2D eigenvalue weighted by Crippen LogP contribution is 2.03. The quantitative estimate of drug-likeness (QED) is 0.513. The van der Waals surface area contributed by atoms with Gasteiger partial charge in [0.15, 0.2) is 0 Å². The summed E-state index contributed by atoms with van der Waals surface area (Å²) in [4.78, 5) is 10.2. The van der Waals surface area contributed by atoms with Gasteiger partial charge in [-0.05, 0) is 0 Å². The van der Waals surface area contributed by atoms with Crippen LogP contribution in [0.2, 0.25) is 0 Å². The molecule has 0 radical (unpaired) electrons. The molecule has 1 aliphatic rings. The summed E-state index contributed by atoms with van der Waals surface area (Å²) < 4.78 is 0. The molecule has 1 aliphatic heterocycles. The fraction of sp³-hybridized carbons (Fsp3) is 0.250. The van der Waals surface area contributed by atoms with Gasteiger partial charge in [0.05, 0.1) is 12.3 Å². The van der Waals surface area contributed by atoms with Crippen LogP contribution < -0.4 is 0 Å². The Morgan fingerprint density at radius 1 is 1.62 bits per heavy atom. The highest BCUT2D eigenvalue weighted by molar-refractivity contribution is 5.90. The molecule has 0 atom stereocenters. The van der Waals surface area contributed by atoms with Gasteiger partial charge in [0, 0.05) is 6.08 Å². The van der Waals surface area contributed by atoms with Crippen molar-refractivity contribution in [1.29, 1.82) is 0 Å². The van der Waals surface area contributed by atoms with Crippen LogP contribution in [0.15, 0.2) is 22.0 Å². The predicted molar refractivity (Wildman–Crippen MR) is 25.0 cm³/mol. The number of nitrogens with zero attached hydrogens (tertiary/aromatic N) is 2. The lowest BCUT2D eigenvalue weighted by atomic mass is 10.4. The van der Waals surface area contributed by atoms with Crippen molar-refractivity contribution in [2.24, 2.45) is 10.2 Å². The summed E-state index contributed by atoms with van der Waals surface area (Å²) in [5, 5.41) is 14.8. The van der Waals surface area contributed by atoms with Crippen molar-refractivity contribution in [3.8, 4) is 0 Å². The Morgan fingerprint density at radius 3 is 2.62 bits per heavy atom. The van der Waals surface area contributed by atoms with Crippen LogP contribution in [0.4, 0.5) is 0 Å². The average Bonchev–Trinajstić information content (AvgIpc) is 2.14. The molecule has 4 nitrogen and oxygen atoms in total. The third-order valence-electron chi connectivity index (χ3n) is 0.729. The van der Waals surface area contributed by atoms with E-state index in [1.165, 1.54) is 6.08 Å². The molecule has 0 unspecified atom stereocenters. The number of azo groups is 1. The van der Waals surface area contributed by atoms with Crippen molar-refractivity contribution in [1.82, 2.24) is 0 Å². The molecule has 0 aromatic carbocycles. The number of amides is 1. The third-order valence-corrected chi connectivity index (χ3v) is 0.729. The average molecular weight is 112 g/mol. The molecular formula is C4H4N2O2. The SMILES string of the molecule is O=C1C=C(CO)N=N1. The lowest BCUT2D eigenvalue weighted by Gasteiger charge is -1.79. The number of carbonyl (C=O) groups is 1. The molecule has 0 fully saturated rings. The number of rotatable bonds is 1. The van der Waals surface area contributed by atoms with Crippen LogP contribution in [-0.4, -0.2) is 17.6 Å². The van der Waals surface area contributed by atoms with E-state index in [0.717, 1.165) is 0 Å². The van der Waals surface area contributed by atoms with Crippen LogP contribution in [0.5, 0.6) is 0 Å². The van der Waals surface area contributed by atoms with Crippen LogP contribution in [0.3, 0.4) is 0 Å². The standard InChI is InChI=1S/C4H4N2O2/c7-2-3-1-4(8)6-5-3/h1,7H,2H2. The maximum atomic E-state index is 10.2. The zero-order valence-electron chi connectivity index (χ0n) is 4.03. The second-order valence-electron chi connectivity index (χ2n) is 1.33. The highest BCUT2D eigenvalue weighted by atomic mass is 16.3. The van der Waals surface area contributed by atoms with Crippen molar-refractivity contribution < 1.29 is 9.90 Å². The van der Waals surface area contributed by atoms with E-state index >= 15 is 0 Å². The molecule has 1 amide bonds. The molecule has 0 spiro atoms. The second kappa shape index (κ2) is 1.83. The fourth-order valence-electron chi connectivity index (χ4n) is 0.391. The molecule has 4 heteroatoms. The number of aliphatic hydroxyl groups is 1. The van der Waals surface area contributed by atoms with E-state index in [0.29, 0.717) is 5.70 Å². The molecule has 1 heterocycles. The summed E-state index contributed by atoms with van der Waals surface area (Å²) >= 11 is 0. The van der Waals surface area contributed by atoms with Gasteiger partial charge in [0.1, 0.15) is 0 Å². The number of hydrogen-bond acceptors (Lipinski definition) is 3. The van der Waals surface area contributed by atoms with Gasteiger partial charge in [-0.1, -0.05) is 0 Å². The molecule has 1 N–H and O–H groups in total. The van der Waals surface area contributed by atoms with Gasteiger partial charge in [-0.25, -0.2) is 0 Å². The van der Waals surface area contributed by atoms with E-state index in [4.69, 9.17) is 5.11 Å². The van der Waals surface area contributed by atoms with Gasteiger partial charge in [-0.3, -0.25) is 4.79 Å². The first-order chi connectivity index (χ1) is 3.83. The Bertz CT molecular complexity index is 171. The van der Waals surface area contributed by atoms with Gasteiger partial charge in [0.25, 0.3) is 5.91 Å². The second-order valence-corrected chi connectivity index (χ2v) is 1.33. The summed E-state index contributed by atoms with van der Waals surface area (Å²) in [5.41, 5.74) is 0.329. The van der Waals surface area contributed by atoms with Gasteiger partial charge in [-0.15, -0.1) is 10.2 Å². The van der Waals surface area contributed by atoms with Gasteiger partial charge in [-0.2, -0.15) is 0 Å². The smallest absolute Gasteiger partial charge is 0.290 e. The largest absolute Gasteiger partial charge is 0.390 e. The Labute approximate surface area is 45.5 Å². The van der Waals surface area contributed by atoms with Crippen LogP contribution in [-0.2, 0) is 4.79 Å². The van der Waals surface area contributed by atoms with Crippen molar-refractivity contribution in [2.45, 2.75) is 0 Å². The normalized spacial score (nSPS) is 17.1. The topological polar surface area (TPSA) is 62.0 Å². The number of aliphatic hydroxyl groups excluding tert-OH is 1. The highest BCUT2D eigenvalue weighted by Gasteiger charge is 2.04. The minimum Gasteiger partial charge on any atom is -0.390 e. The maximum absolute atomic E-state index is 10.2. The van der Waals surface area contributed by atoms with Gasteiger partial charge < -0.3 is 5.11 Å². The van der Waals surface area contributed by atoms with Crippen molar-refractivity contribution in [3.63, 3.8) is 0 Å². The minimum absolute atomic E-state index is 0.213. The summed E-state index contributed by atoms with van der Waals surface area (Å²) in [6.45, 7) is -0.213. The van der Waals surface area contributed by atoms with Gasteiger partial charge >= 0.3 is 0 Å². The van der Waals surface area contributed by atoms with E-state index in [2.05, 4.69) is 10.2 Å². The molecule has 0 aromatic rings. The zero-order valence-corrected chi connectivity index (χ0v) is 4.03.